The van der Waals surface area contributed by atoms with Crippen LogP contribution in [0.2, 0.25) is 0 Å². The molecule has 0 heteroatoms. The molecule has 0 spiro atoms. The van der Waals surface area contributed by atoms with Gasteiger partial charge >= 0.3 is 0 Å². The van der Waals surface area contributed by atoms with Crippen molar-refractivity contribution in [2.24, 2.45) is 10.8 Å². The predicted octanol–water partition coefficient (Wildman–Crippen LogP) is 4.74. The van der Waals surface area contributed by atoms with E-state index in [4.69, 9.17) is 0 Å². The number of hydrogen-bond acceptors (Lipinski definition) is 0. The fourth-order valence-corrected chi connectivity index (χ4v) is 1.59. The molecule has 0 aromatic rings. The van der Waals surface area contributed by atoms with Crippen molar-refractivity contribution < 1.29 is 0 Å². The summed E-state index contributed by atoms with van der Waals surface area (Å²) in [7, 11) is 0. The van der Waals surface area contributed by atoms with Crippen LogP contribution in [0.5, 0.6) is 0 Å². The molecule has 0 saturated carbocycles. The minimum atomic E-state index is 0. The summed E-state index contributed by atoms with van der Waals surface area (Å²) < 4.78 is 0. The molecule has 11 heavy (non-hydrogen) atoms. The van der Waals surface area contributed by atoms with E-state index in [9.17, 15) is 0 Å². The second kappa shape index (κ2) is 4.79. The molecule has 72 valence electrons. The molecule has 0 bridgehead atoms. The highest BCUT2D eigenvalue weighted by molar-refractivity contribution is 4.71. The van der Waals surface area contributed by atoms with Crippen LogP contribution in [-0.2, 0) is 0 Å². The number of hydrogen-bond donors (Lipinski definition) is 0. The van der Waals surface area contributed by atoms with Crippen molar-refractivity contribution in [1.29, 1.82) is 0 Å². The Morgan fingerprint density at radius 1 is 0.636 bits per heavy atom. The maximum atomic E-state index is 2.29. The maximum absolute atomic E-state index is 2.29. The summed E-state index contributed by atoms with van der Waals surface area (Å²) in [5, 5.41) is 0. The Hall–Kier alpha value is 0. The van der Waals surface area contributed by atoms with Crippen molar-refractivity contribution in [1.82, 2.24) is 0 Å². The molecule has 0 fully saturated rings. The highest BCUT2D eigenvalue weighted by Gasteiger charge is 2.20. The first-order valence-electron chi connectivity index (χ1n) is 3.71. The summed E-state index contributed by atoms with van der Waals surface area (Å²) in [4.78, 5) is 0. The van der Waals surface area contributed by atoms with Gasteiger partial charge in [-0.25, -0.2) is 0 Å². The van der Waals surface area contributed by atoms with E-state index in [0.717, 1.165) is 0 Å². The molecule has 0 saturated heterocycles. The molecule has 0 N–H and O–H groups in total. The van der Waals surface area contributed by atoms with Gasteiger partial charge in [-0.2, -0.15) is 0 Å². The summed E-state index contributed by atoms with van der Waals surface area (Å²) in [6.45, 7) is 13.7. The van der Waals surface area contributed by atoms with Crippen LogP contribution in [-0.4, -0.2) is 0 Å². The standard InChI is InChI=1S/C9H20.2CH4/c1-8(2,3)7-9(4,5)6;;/h7H2,1-6H3;2*1H4. The first-order chi connectivity index (χ1) is 3.71. The monoisotopic (exact) mass is 160 g/mol. The number of rotatable bonds is 0. The van der Waals surface area contributed by atoms with Gasteiger partial charge in [0.1, 0.15) is 0 Å². The van der Waals surface area contributed by atoms with Gasteiger partial charge < -0.3 is 0 Å². The van der Waals surface area contributed by atoms with E-state index in [1.807, 2.05) is 0 Å². The topological polar surface area (TPSA) is 0 Å². The molecule has 0 aliphatic carbocycles. The third-order valence-corrected chi connectivity index (χ3v) is 1.06. The summed E-state index contributed by atoms with van der Waals surface area (Å²) in [6, 6.07) is 0. The van der Waals surface area contributed by atoms with Gasteiger partial charge in [0.25, 0.3) is 0 Å². The molecular weight excluding hydrogens is 132 g/mol. The van der Waals surface area contributed by atoms with E-state index in [1.54, 1.807) is 0 Å². The van der Waals surface area contributed by atoms with E-state index < -0.39 is 0 Å². The van der Waals surface area contributed by atoms with Gasteiger partial charge in [-0.3, -0.25) is 0 Å². The highest BCUT2D eigenvalue weighted by Crippen LogP contribution is 2.31. The predicted molar refractivity (Wildman–Crippen MR) is 57.0 cm³/mol. The molecule has 0 aromatic heterocycles. The zero-order valence-electron chi connectivity index (χ0n) is 7.71. The summed E-state index contributed by atoms with van der Waals surface area (Å²) in [5.74, 6) is 0. The molecule has 0 amide bonds. The van der Waals surface area contributed by atoms with Crippen molar-refractivity contribution in [2.45, 2.75) is 62.8 Å². The van der Waals surface area contributed by atoms with E-state index in [1.165, 1.54) is 6.42 Å². The third kappa shape index (κ3) is 17.8. The second-order valence-corrected chi connectivity index (χ2v) is 5.30. The Kier molecular flexibility index (Phi) is 7.49. The third-order valence-electron chi connectivity index (χ3n) is 1.06. The molecule has 0 rings (SSSR count). The largest absolute Gasteiger partial charge is 0.0776 e. The Morgan fingerprint density at radius 2 is 0.818 bits per heavy atom. The first kappa shape index (κ1) is 17.2. The smallest absolute Gasteiger partial charge is 0.0378 e. The Bertz CT molecular complexity index is 65.2. The summed E-state index contributed by atoms with van der Waals surface area (Å²) in [6.07, 6.45) is 1.29. The van der Waals surface area contributed by atoms with Crippen LogP contribution in [0, 0.1) is 10.8 Å². The lowest BCUT2D eigenvalue weighted by molar-refractivity contribution is 0.233. The van der Waals surface area contributed by atoms with Gasteiger partial charge in [-0.15, -0.1) is 0 Å². The Balaban J connectivity index is -0.000000320. The fourth-order valence-electron chi connectivity index (χ4n) is 1.59. The van der Waals surface area contributed by atoms with Gasteiger partial charge in [0.15, 0.2) is 0 Å². The van der Waals surface area contributed by atoms with Crippen molar-refractivity contribution in [3.63, 3.8) is 0 Å². The lowest BCUT2D eigenvalue weighted by Crippen LogP contribution is -2.16. The van der Waals surface area contributed by atoms with Crippen LogP contribution >= 0.6 is 0 Å². The molecule has 0 radical (unpaired) electrons. The van der Waals surface area contributed by atoms with Gasteiger partial charge in [0, 0.05) is 0 Å². The van der Waals surface area contributed by atoms with E-state index in [0.29, 0.717) is 10.8 Å². The van der Waals surface area contributed by atoms with Crippen LogP contribution in [0.1, 0.15) is 62.8 Å². The van der Waals surface area contributed by atoms with Crippen LogP contribution in [0.25, 0.3) is 0 Å². The average Bonchev–Trinajstić information content (AvgIpc) is 1.14. The zero-order chi connectivity index (χ0) is 7.71. The maximum Gasteiger partial charge on any atom is -0.0378 e. The molecule has 0 aliphatic rings. The van der Waals surface area contributed by atoms with E-state index in [-0.39, 0.29) is 14.9 Å². The average molecular weight is 160 g/mol. The molecule has 0 heterocycles. The van der Waals surface area contributed by atoms with Crippen LogP contribution in [0.3, 0.4) is 0 Å². The van der Waals surface area contributed by atoms with Crippen molar-refractivity contribution in [3.8, 4) is 0 Å². The SMILES string of the molecule is C.C.CC(C)(C)CC(C)(C)C. The first-order valence-corrected chi connectivity index (χ1v) is 3.71. The molecule has 0 unspecified atom stereocenters. The summed E-state index contributed by atoms with van der Waals surface area (Å²) >= 11 is 0. The van der Waals surface area contributed by atoms with Gasteiger partial charge in [0.2, 0.25) is 0 Å². The molecule has 0 aliphatic heterocycles. The van der Waals surface area contributed by atoms with Gasteiger partial charge in [-0.1, -0.05) is 56.4 Å². The normalized spacial score (nSPS) is 11.5. The van der Waals surface area contributed by atoms with Crippen molar-refractivity contribution >= 4 is 0 Å². The highest BCUT2D eigenvalue weighted by atomic mass is 14.3. The zero-order valence-corrected chi connectivity index (χ0v) is 7.71. The van der Waals surface area contributed by atoms with E-state index >= 15 is 0 Å². The molecule has 0 nitrogen and oxygen atoms in total. The van der Waals surface area contributed by atoms with Crippen LogP contribution in [0.4, 0.5) is 0 Å². The minimum Gasteiger partial charge on any atom is -0.0776 e. The molecule has 0 atom stereocenters. The van der Waals surface area contributed by atoms with E-state index in [2.05, 4.69) is 41.5 Å². The Morgan fingerprint density at radius 3 is 0.818 bits per heavy atom. The lowest BCUT2D eigenvalue weighted by Gasteiger charge is -2.28. The quantitative estimate of drug-likeness (QED) is 0.480. The molecule has 0 aromatic carbocycles. The van der Waals surface area contributed by atoms with Gasteiger partial charge in [0.05, 0.1) is 0 Å². The summed E-state index contributed by atoms with van der Waals surface area (Å²) in [5.41, 5.74) is 0.969. The fraction of sp³-hybridized carbons (Fsp3) is 1.00. The second-order valence-electron chi connectivity index (χ2n) is 5.30. The Labute approximate surface area is 74.4 Å². The van der Waals surface area contributed by atoms with Gasteiger partial charge in [-0.05, 0) is 17.3 Å². The lowest BCUT2D eigenvalue weighted by atomic mass is 9.78. The van der Waals surface area contributed by atoms with Crippen molar-refractivity contribution in [3.05, 3.63) is 0 Å². The van der Waals surface area contributed by atoms with Crippen LogP contribution in [0.15, 0.2) is 0 Å². The van der Waals surface area contributed by atoms with Crippen molar-refractivity contribution in [2.75, 3.05) is 0 Å². The molecular formula is C11H28. The van der Waals surface area contributed by atoms with Crippen LogP contribution < -0.4 is 0 Å². The minimum absolute atomic E-state index is 0.